The lowest BCUT2D eigenvalue weighted by Gasteiger charge is -2.15. The number of hydrogen-bond acceptors (Lipinski definition) is 6. The van der Waals surface area contributed by atoms with Gasteiger partial charge in [0.25, 0.3) is 0 Å². The van der Waals surface area contributed by atoms with Crippen LogP contribution in [-0.2, 0) is 9.59 Å². The summed E-state index contributed by atoms with van der Waals surface area (Å²) in [4.78, 5) is 35.5. The number of nitrogens with zero attached hydrogens (tertiary/aromatic N) is 3. The van der Waals surface area contributed by atoms with E-state index in [2.05, 4.69) is 4.99 Å². The normalized spacial score (nSPS) is 16.4. The number of allylic oxidation sites excluding steroid dienone is 11. The molecule has 0 bridgehead atoms. The van der Waals surface area contributed by atoms with Crippen molar-refractivity contribution in [1.29, 1.82) is 0 Å². The Bertz CT molecular complexity index is 1880. The van der Waals surface area contributed by atoms with Crippen molar-refractivity contribution in [2.45, 2.75) is 20.3 Å². The van der Waals surface area contributed by atoms with E-state index in [1.54, 1.807) is 6.08 Å². The molecule has 0 N–H and O–H groups in total. The molecule has 48 heavy (non-hydrogen) atoms. The quantitative estimate of drug-likeness (QED) is 0.226. The Balaban J connectivity index is 1.46. The second kappa shape index (κ2) is 14.9. The molecule has 0 amide bonds. The molecule has 0 saturated heterocycles. The largest absolute Gasteiger partial charge is 0.870 e. The molecule has 244 valence electrons. The van der Waals surface area contributed by atoms with E-state index >= 15 is 0 Å². The molecule has 0 aliphatic heterocycles. The molecule has 1 unspecified atom stereocenters. The highest BCUT2D eigenvalue weighted by Gasteiger charge is 2.34. The maximum Gasteiger partial charge on any atom is 0.173 e. The van der Waals surface area contributed by atoms with Crippen LogP contribution >= 0.6 is 0 Å². The molecule has 6 heteroatoms. The number of anilines is 2. The van der Waals surface area contributed by atoms with E-state index in [1.807, 2.05) is 155 Å². The summed E-state index contributed by atoms with van der Waals surface area (Å²) in [7, 11) is 7.94. The first-order valence-corrected chi connectivity index (χ1v) is 16.2. The molecule has 5 rings (SSSR count). The van der Waals surface area contributed by atoms with Crippen molar-refractivity contribution in [3.05, 3.63) is 154 Å². The van der Waals surface area contributed by atoms with Crippen LogP contribution in [0.3, 0.4) is 0 Å². The molecule has 0 fully saturated rings. The van der Waals surface area contributed by atoms with E-state index in [0.29, 0.717) is 6.54 Å². The van der Waals surface area contributed by atoms with Crippen molar-refractivity contribution >= 4 is 39.8 Å². The van der Waals surface area contributed by atoms with Gasteiger partial charge in [0.15, 0.2) is 11.6 Å². The number of aliphatic imine (C=N–C) groups is 1. The van der Waals surface area contributed by atoms with Crippen LogP contribution in [0.15, 0.2) is 137 Å². The van der Waals surface area contributed by atoms with Crippen LogP contribution in [0.1, 0.15) is 35.6 Å². The SMILES string of the molecule is CCN=C1C=CC(=C(C=CC2=C([O-])C(=O)C(CC=C(c3ccc(C)cc3)c3ccc(N(C)C)cc3)C2=O)c2ccc(N(C)C)cc2)C=C1. The molecule has 1 atom stereocenters. The van der Waals surface area contributed by atoms with Gasteiger partial charge in [-0.2, -0.15) is 0 Å². The van der Waals surface area contributed by atoms with Gasteiger partial charge in [0.05, 0.1) is 11.6 Å². The topological polar surface area (TPSA) is 76.0 Å². The summed E-state index contributed by atoms with van der Waals surface area (Å²) >= 11 is 0. The fourth-order valence-electron chi connectivity index (χ4n) is 5.79. The van der Waals surface area contributed by atoms with Crippen molar-refractivity contribution < 1.29 is 14.7 Å². The number of rotatable bonds is 10. The first-order valence-electron chi connectivity index (χ1n) is 16.2. The Morgan fingerprint density at radius 3 is 1.79 bits per heavy atom. The van der Waals surface area contributed by atoms with Gasteiger partial charge in [-0.1, -0.05) is 90.2 Å². The average Bonchev–Trinajstić information content (AvgIpc) is 3.29. The maximum absolute atomic E-state index is 13.7. The minimum absolute atomic E-state index is 0.0781. The summed E-state index contributed by atoms with van der Waals surface area (Å²) in [6.45, 7) is 4.71. The molecule has 2 aliphatic rings. The van der Waals surface area contributed by atoms with E-state index in [-0.39, 0.29) is 12.0 Å². The van der Waals surface area contributed by atoms with Gasteiger partial charge in [-0.15, -0.1) is 0 Å². The Morgan fingerprint density at radius 2 is 1.27 bits per heavy atom. The number of aryl methyl sites for hydroxylation is 1. The highest BCUT2D eigenvalue weighted by atomic mass is 16.3. The molecule has 0 aromatic heterocycles. The van der Waals surface area contributed by atoms with Crippen LogP contribution in [0.25, 0.3) is 11.1 Å². The molecule has 3 aromatic carbocycles. The third kappa shape index (κ3) is 7.55. The highest BCUT2D eigenvalue weighted by Crippen LogP contribution is 2.32. The van der Waals surface area contributed by atoms with Gasteiger partial charge in [0.1, 0.15) is 0 Å². The molecular weight excluding hydrogens is 594 g/mol. The molecule has 0 saturated carbocycles. The lowest BCUT2D eigenvalue weighted by molar-refractivity contribution is -0.298. The van der Waals surface area contributed by atoms with Crippen molar-refractivity contribution in [2.24, 2.45) is 10.9 Å². The third-order valence-electron chi connectivity index (χ3n) is 8.61. The number of carbonyl (C=O) groups excluding carboxylic acids is 2. The average molecular weight is 637 g/mol. The Hall–Kier alpha value is -5.49. The monoisotopic (exact) mass is 636 g/mol. The smallest absolute Gasteiger partial charge is 0.173 e. The first-order chi connectivity index (χ1) is 23.1. The second-order valence-electron chi connectivity index (χ2n) is 12.4. The highest BCUT2D eigenvalue weighted by molar-refractivity contribution is 6.24. The number of benzene rings is 3. The Morgan fingerprint density at radius 1 is 0.750 bits per heavy atom. The lowest BCUT2D eigenvalue weighted by atomic mass is 9.91. The number of ketones is 2. The molecule has 3 aromatic rings. The van der Waals surface area contributed by atoms with Gasteiger partial charge in [-0.25, -0.2) is 0 Å². The standard InChI is InChI=1S/C42H43N3O3/c1-7-43-33-18-12-30(13-19-33)37(32-16-22-35(23-17-32)45(5)6)25-27-39-40(46)38(41(47)42(39)48)26-24-36(29-10-8-28(2)9-11-29)31-14-20-34(21-15-31)44(3)4/h8-25,27,38,48H,7,26H2,1-6H3/p-1. The van der Waals surface area contributed by atoms with Crippen molar-refractivity contribution in [1.82, 2.24) is 0 Å². The first kappa shape index (κ1) is 33.9. The summed E-state index contributed by atoms with van der Waals surface area (Å²) in [6.07, 6.45) is 13.2. The fraction of sp³-hybridized carbons (Fsp3) is 0.214. The zero-order valence-electron chi connectivity index (χ0n) is 28.5. The minimum Gasteiger partial charge on any atom is -0.870 e. The van der Waals surface area contributed by atoms with Crippen LogP contribution in [0, 0.1) is 12.8 Å². The van der Waals surface area contributed by atoms with E-state index in [0.717, 1.165) is 56.1 Å². The van der Waals surface area contributed by atoms with E-state index in [1.165, 1.54) is 6.08 Å². The molecular formula is C42H42N3O3-. The number of carbonyl (C=O) groups is 2. The Kier molecular flexibility index (Phi) is 10.5. The van der Waals surface area contributed by atoms with Crippen molar-refractivity contribution in [3.8, 4) is 0 Å². The van der Waals surface area contributed by atoms with E-state index in [9.17, 15) is 14.7 Å². The maximum atomic E-state index is 13.7. The summed E-state index contributed by atoms with van der Waals surface area (Å²) in [5, 5.41) is 13.3. The van der Waals surface area contributed by atoms with Crippen LogP contribution in [0.5, 0.6) is 0 Å². The van der Waals surface area contributed by atoms with Crippen molar-refractivity contribution in [3.63, 3.8) is 0 Å². The molecule has 0 spiro atoms. The predicted octanol–water partition coefficient (Wildman–Crippen LogP) is 6.93. The second-order valence-corrected chi connectivity index (χ2v) is 12.4. The predicted molar refractivity (Wildman–Crippen MR) is 197 cm³/mol. The van der Waals surface area contributed by atoms with Crippen LogP contribution in [0.4, 0.5) is 11.4 Å². The van der Waals surface area contributed by atoms with Gasteiger partial charge < -0.3 is 14.9 Å². The van der Waals surface area contributed by atoms with Crippen LogP contribution in [-0.4, -0.2) is 52.0 Å². The van der Waals surface area contributed by atoms with E-state index in [4.69, 9.17) is 0 Å². The fourth-order valence-corrected chi connectivity index (χ4v) is 5.79. The number of Topliss-reactive ketones (excluding diaryl/α,β-unsaturated/α-hetero) is 2. The van der Waals surface area contributed by atoms with Gasteiger partial charge in [0.2, 0.25) is 0 Å². The summed E-state index contributed by atoms with van der Waals surface area (Å²) in [5.41, 5.74) is 9.56. The van der Waals surface area contributed by atoms with Crippen LogP contribution in [0.2, 0.25) is 0 Å². The zero-order chi connectivity index (χ0) is 34.4. The molecule has 0 heterocycles. The Labute approximate surface area is 284 Å². The molecule has 2 aliphatic carbocycles. The summed E-state index contributed by atoms with van der Waals surface area (Å²) in [6, 6.07) is 24.4. The molecule has 6 nitrogen and oxygen atoms in total. The zero-order valence-corrected chi connectivity index (χ0v) is 28.5. The van der Waals surface area contributed by atoms with Crippen LogP contribution < -0.4 is 14.9 Å². The van der Waals surface area contributed by atoms with Gasteiger partial charge in [-0.05, 0) is 90.1 Å². The molecule has 0 radical (unpaired) electrons. The van der Waals surface area contributed by atoms with E-state index < -0.39 is 23.2 Å². The van der Waals surface area contributed by atoms with Crippen molar-refractivity contribution in [2.75, 3.05) is 44.5 Å². The summed E-state index contributed by atoms with van der Waals surface area (Å²) in [5.74, 6) is -2.90. The van der Waals surface area contributed by atoms with Gasteiger partial charge in [-0.3, -0.25) is 14.6 Å². The van der Waals surface area contributed by atoms with Gasteiger partial charge in [0, 0.05) is 51.7 Å². The third-order valence-corrected chi connectivity index (χ3v) is 8.61. The minimum atomic E-state index is -1.06. The summed E-state index contributed by atoms with van der Waals surface area (Å²) < 4.78 is 0. The van der Waals surface area contributed by atoms with Gasteiger partial charge >= 0.3 is 0 Å². The number of hydrogen-bond donors (Lipinski definition) is 0. The lowest BCUT2D eigenvalue weighted by Crippen LogP contribution is -2.20.